The maximum Gasteiger partial charge on any atom is 0.338 e. The second kappa shape index (κ2) is 9.59. The number of carbonyl (C=O) groups is 3. The van der Waals surface area contributed by atoms with Crippen LogP contribution >= 0.6 is 11.6 Å². The number of hydrogen-bond acceptors (Lipinski definition) is 6. The first-order valence-corrected chi connectivity index (χ1v) is 12.0. The Kier molecular flexibility index (Phi) is 6.31. The van der Waals surface area contributed by atoms with Gasteiger partial charge in [0.25, 0.3) is 5.91 Å². The van der Waals surface area contributed by atoms with Gasteiger partial charge in [-0.2, -0.15) is 0 Å². The Morgan fingerprint density at radius 3 is 2.51 bits per heavy atom. The zero-order valence-electron chi connectivity index (χ0n) is 20.0. The van der Waals surface area contributed by atoms with Crippen LogP contribution in [0.2, 0.25) is 5.02 Å². The zero-order valence-corrected chi connectivity index (χ0v) is 20.8. The van der Waals surface area contributed by atoms with Crippen molar-refractivity contribution in [3.05, 3.63) is 112 Å². The van der Waals surface area contributed by atoms with E-state index in [4.69, 9.17) is 20.8 Å². The van der Waals surface area contributed by atoms with Crippen molar-refractivity contribution in [1.29, 1.82) is 0 Å². The molecule has 0 saturated heterocycles. The van der Waals surface area contributed by atoms with Gasteiger partial charge in [0.1, 0.15) is 5.58 Å². The van der Waals surface area contributed by atoms with E-state index in [2.05, 4.69) is 0 Å². The van der Waals surface area contributed by atoms with Gasteiger partial charge < -0.3 is 14.3 Å². The molecule has 4 aromatic rings. The normalized spacial score (nSPS) is 15.5. The Balaban J connectivity index is 1.60. The molecule has 7 nitrogen and oxygen atoms in total. The van der Waals surface area contributed by atoms with Gasteiger partial charge in [0.05, 0.1) is 23.8 Å². The summed E-state index contributed by atoms with van der Waals surface area (Å²) < 4.78 is 10.8. The molecule has 0 fully saturated rings. The molecule has 1 atom stereocenters. The molecule has 1 aliphatic heterocycles. The van der Waals surface area contributed by atoms with Gasteiger partial charge in [-0.15, -0.1) is 0 Å². The van der Waals surface area contributed by atoms with Crippen LogP contribution in [0.3, 0.4) is 0 Å². The highest BCUT2D eigenvalue weighted by molar-refractivity contribution is 6.31. The van der Waals surface area contributed by atoms with Crippen molar-refractivity contribution in [2.24, 2.45) is 0 Å². The van der Waals surface area contributed by atoms with E-state index in [1.54, 1.807) is 49.4 Å². The van der Waals surface area contributed by atoms with E-state index in [0.29, 0.717) is 32.8 Å². The lowest BCUT2D eigenvalue weighted by atomic mass is 9.93. The summed E-state index contributed by atoms with van der Waals surface area (Å²) in [5.74, 6) is -2.53. The van der Waals surface area contributed by atoms with Crippen LogP contribution < -0.4 is 4.90 Å². The lowest BCUT2D eigenvalue weighted by molar-refractivity contribution is -0.117. The molecule has 1 aliphatic rings. The molecule has 1 unspecified atom stereocenters. The molecule has 186 valence electrons. The summed E-state index contributed by atoms with van der Waals surface area (Å²) in [6.45, 7) is 3.84. The number of nitrogens with zero attached hydrogens (tertiary/aromatic N) is 1. The van der Waals surface area contributed by atoms with Gasteiger partial charge in [-0.25, -0.2) is 4.79 Å². The number of Topliss-reactive ketones (excluding diaryl/α,β-unsaturated/α-hetero) is 1. The predicted octanol–water partition coefficient (Wildman–Crippen LogP) is 6.35. The van der Waals surface area contributed by atoms with Crippen molar-refractivity contribution in [1.82, 2.24) is 0 Å². The molecule has 0 radical (unpaired) electrons. The molecule has 5 rings (SSSR count). The molecule has 3 aromatic carbocycles. The van der Waals surface area contributed by atoms with Crippen molar-refractivity contribution in [2.45, 2.75) is 19.9 Å². The third-order valence-corrected chi connectivity index (χ3v) is 6.40. The summed E-state index contributed by atoms with van der Waals surface area (Å²) in [6, 6.07) is 19.2. The number of amides is 1. The molecule has 2 heterocycles. The molecule has 0 aliphatic carbocycles. The first kappa shape index (κ1) is 24.3. The molecule has 1 amide bonds. The Morgan fingerprint density at radius 1 is 1.05 bits per heavy atom. The fraction of sp³-hybridized carbons (Fsp3) is 0.138. The number of benzene rings is 3. The predicted molar refractivity (Wildman–Crippen MR) is 139 cm³/mol. The zero-order chi connectivity index (χ0) is 26.3. The van der Waals surface area contributed by atoms with E-state index in [-0.39, 0.29) is 17.9 Å². The number of rotatable bonds is 6. The van der Waals surface area contributed by atoms with Gasteiger partial charge >= 0.3 is 5.97 Å². The number of hydrogen-bond donors (Lipinski definition) is 1. The van der Waals surface area contributed by atoms with Gasteiger partial charge in [-0.05, 0) is 67.9 Å². The number of fused-ring (bicyclic) bond motifs is 1. The average molecular weight is 516 g/mol. The quantitative estimate of drug-likeness (QED) is 0.237. The van der Waals surface area contributed by atoms with Crippen LogP contribution in [0.25, 0.3) is 11.0 Å². The van der Waals surface area contributed by atoms with Crippen LogP contribution in [-0.2, 0) is 9.53 Å². The number of aliphatic hydroxyl groups is 1. The maximum atomic E-state index is 13.7. The average Bonchev–Trinajstić information content (AvgIpc) is 3.42. The smallest absolute Gasteiger partial charge is 0.338 e. The van der Waals surface area contributed by atoms with E-state index in [9.17, 15) is 19.5 Å². The molecule has 37 heavy (non-hydrogen) atoms. The summed E-state index contributed by atoms with van der Waals surface area (Å²) in [7, 11) is 0. The summed E-state index contributed by atoms with van der Waals surface area (Å²) in [5, 5.41) is 12.1. The molecule has 0 saturated carbocycles. The number of halogens is 1. The van der Waals surface area contributed by atoms with Crippen molar-refractivity contribution < 1.29 is 28.6 Å². The highest BCUT2D eigenvalue weighted by atomic mass is 35.5. The minimum atomic E-state index is -0.926. The molecular weight excluding hydrogens is 494 g/mol. The Morgan fingerprint density at radius 2 is 1.81 bits per heavy atom. The number of ether oxygens (including phenoxy) is 1. The van der Waals surface area contributed by atoms with Gasteiger partial charge in [0.15, 0.2) is 11.5 Å². The van der Waals surface area contributed by atoms with E-state index in [0.717, 1.165) is 5.56 Å². The summed E-state index contributed by atoms with van der Waals surface area (Å²) in [5.41, 5.74) is 2.62. The second-order valence-corrected chi connectivity index (χ2v) is 9.08. The van der Waals surface area contributed by atoms with E-state index < -0.39 is 29.5 Å². The first-order valence-electron chi connectivity index (χ1n) is 11.6. The van der Waals surface area contributed by atoms with Crippen LogP contribution in [0, 0.1) is 6.92 Å². The largest absolute Gasteiger partial charge is 0.503 e. The number of anilines is 1. The standard InChI is InChI=1S/C29H22ClNO6/c1-3-36-29(35)17-7-10-21(11-8-17)31-25(18-6-4-5-16(2)13-18)24(27(33)28(31)34)26(32)23-15-19-14-20(30)9-12-22(19)37-23/h4-15,25,33H,3H2,1-2H3. The van der Waals surface area contributed by atoms with Crippen molar-refractivity contribution in [3.8, 4) is 0 Å². The minimum Gasteiger partial charge on any atom is -0.503 e. The van der Waals surface area contributed by atoms with Gasteiger partial charge in [0.2, 0.25) is 5.78 Å². The Labute approximate surface area is 217 Å². The SMILES string of the molecule is CCOC(=O)c1ccc(N2C(=O)C(O)=C(C(=O)c3cc4cc(Cl)ccc4o3)C2c2cccc(C)c2)cc1. The van der Waals surface area contributed by atoms with Crippen LogP contribution in [0.1, 0.15) is 45.0 Å². The number of aliphatic hydroxyl groups excluding tert-OH is 1. The van der Waals surface area contributed by atoms with Crippen molar-refractivity contribution in [2.75, 3.05) is 11.5 Å². The highest BCUT2D eigenvalue weighted by Crippen LogP contribution is 2.42. The van der Waals surface area contributed by atoms with Gasteiger partial charge in [-0.1, -0.05) is 41.4 Å². The molecular formula is C29H22ClNO6. The number of esters is 1. The number of furan rings is 1. The van der Waals surface area contributed by atoms with Gasteiger partial charge in [-0.3, -0.25) is 14.5 Å². The summed E-state index contributed by atoms with van der Waals surface area (Å²) >= 11 is 6.07. The minimum absolute atomic E-state index is 0.0243. The van der Waals surface area contributed by atoms with E-state index >= 15 is 0 Å². The van der Waals surface area contributed by atoms with Crippen molar-refractivity contribution in [3.63, 3.8) is 0 Å². The second-order valence-electron chi connectivity index (χ2n) is 8.64. The first-order chi connectivity index (χ1) is 17.8. The molecule has 1 aromatic heterocycles. The molecule has 0 bridgehead atoms. The monoisotopic (exact) mass is 515 g/mol. The van der Waals surface area contributed by atoms with E-state index in [1.165, 1.54) is 17.0 Å². The maximum absolute atomic E-state index is 13.7. The summed E-state index contributed by atoms with van der Waals surface area (Å²) in [4.78, 5) is 40.6. The number of aryl methyl sites for hydroxylation is 1. The molecule has 0 spiro atoms. The van der Waals surface area contributed by atoms with E-state index in [1.807, 2.05) is 25.1 Å². The number of carbonyl (C=O) groups excluding carboxylic acids is 3. The lowest BCUT2D eigenvalue weighted by Gasteiger charge is -2.27. The Hall–Kier alpha value is -4.36. The summed E-state index contributed by atoms with van der Waals surface area (Å²) in [6.07, 6.45) is 0. The highest BCUT2D eigenvalue weighted by Gasteiger charge is 2.45. The van der Waals surface area contributed by atoms with Crippen LogP contribution in [0.15, 0.2) is 88.5 Å². The fourth-order valence-electron chi connectivity index (χ4n) is 4.49. The topological polar surface area (TPSA) is 97.0 Å². The van der Waals surface area contributed by atoms with Crippen LogP contribution in [0.4, 0.5) is 5.69 Å². The van der Waals surface area contributed by atoms with Gasteiger partial charge in [0, 0.05) is 16.1 Å². The van der Waals surface area contributed by atoms with Crippen molar-refractivity contribution >= 4 is 45.9 Å². The molecule has 1 N–H and O–H groups in total. The van der Waals surface area contributed by atoms with Crippen LogP contribution in [-0.4, -0.2) is 29.4 Å². The van der Waals surface area contributed by atoms with Crippen LogP contribution in [0.5, 0.6) is 0 Å². The lowest BCUT2D eigenvalue weighted by Crippen LogP contribution is -2.31. The third kappa shape index (κ3) is 4.38. The fourth-order valence-corrected chi connectivity index (χ4v) is 4.67. The Bertz CT molecular complexity index is 1580. The molecule has 8 heteroatoms. The third-order valence-electron chi connectivity index (χ3n) is 6.17. The number of ketones is 1.